The van der Waals surface area contributed by atoms with Gasteiger partial charge in [0.2, 0.25) is 11.8 Å². The number of rotatable bonds is 5. The van der Waals surface area contributed by atoms with Crippen molar-refractivity contribution < 1.29 is 14.7 Å². The number of hydrogen-bond donors (Lipinski definition) is 2. The number of aliphatic hydroxyl groups is 1. The Hall–Kier alpha value is -1.88. The van der Waals surface area contributed by atoms with Gasteiger partial charge in [0.15, 0.2) is 0 Å². The summed E-state index contributed by atoms with van der Waals surface area (Å²) < 4.78 is 0. The highest BCUT2D eigenvalue weighted by Gasteiger charge is 2.32. The van der Waals surface area contributed by atoms with Crippen molar-refractivity contribution in [1.29, 1.82) is 0 Å². The van der Waals surface area contributed by atoms with E-state index in [-0.39, 0.29) is 36.8 Å². The number of aliphatic hydroxyl groups excluding tert-OH is 1. The lowest BCUT2D eigenvalue weighted by molar-refractivity contribution is -0.137. The standard InChI is InChI=1S/C15H20N2O3/c1-17(15(20)12-9-14(19)16-10-12)13(7-8-18)11-5-3-2-4-6-11/h2-6,12-13,18H,7-10H2,1H3,(H,16,19). The molecule has 1 saturated heterocycles. The Labute approximate surface area is 118 Å². The number of nitrogens with zero attached hydrogens (tertiary/aromatic N) is 1. The lowest BCUT2D eigenvalue weighted by Crippen LogP contribution is -2.37. The highest BCUT2D eigenvalue weighted by molar-refractivity contribution is 5.89. The fourth-order valence-corrected chi connectivity index (χ4v) is 2.60. The molecule has 2 N–H and O–H groups in total. The zero-order chi connectivity index (χ0) is 14.5. The molecule has 1 heterocycles. The predicted octanol–water partition coefficient (Wildman–Crippen LogP) is 0.705. The van der Waals surface area contributed by atoms with Gasteiger partial charge in [0.25, 0.3) is 0 Å². The van der Waals surface area contributed by atoms with Crippen LogP contribution in [-0.2, 0) is 9.59 Å². The Morgan fingerprint density at radius 2 is 2.15 bits per heavy atom. The van der Waals surface area contributed by atoms with Gasteiger partial charge in [0.1, 0.15) is 0 Å². The normalized spacial score (nSPS) is 19.5. The molecule has 0 aliphatic carbocycles. The van der Waals surface area contributed by atoms with Gasteiger partial charge in [0.05, 0.1) is 12.0 Å². The van der Waals surface area contributed by atoms with Crippen LogP contribution in [0.25, 0.3) is 0 Å². The van der Waals surface area contributed by atoms with Crippen LogP contribution >= 0.6 is 0 Å². The Morgan fingerprint density at radius 1 is 1.45 bits per heavy atom. The number of hydrogen-bond acceptors (Lipinski definition) is 3. The minimum Gasteiger partial charge on any atom is -0.396 e. The molecule has 1 aromatic rings. The van der Waals surface area contributed by atoms with Crippen LogP contribution in [0.5, 0.6) is 0 Å². The zero-order valence-corrected chi connectivity index (χ0v) is 11.6. The number of carbonyl (C=O) groups excluding carboxylic acids is 2. The van der Waals surface area contributed by atoms with E-state index in [0.717, 1.165) is 5.56 Å². The van der Waals surface area contributed by atoms with Crippen molar-refractivity contribution in [2.45, 2.75) is 18.9 Å². The van der Waals surface area contributed by atoms with Gasteiger partial charge in [-0.25, -0.2) is 0 Å². The molecule has 20 heavy (non-hydrogen) atoms. The molecule has 2 rings (SSSR count). The number of benzene rings is 1. The fourth-order valence-electron chi connectivity index (χ4n) is 2.60. The molecule has 1 aliphatic rings. The second-order valence-electron chi connectivity index (χ2n) is 5.09. The maximum Gasteiger partial charge on any atom is 0.228 e. The third kappa shape index (κ3) is 3.17. The first-order valence-corrected chi connectivity index (χ1v) is 6.82. The van der Waals surface area contributed by atoms with Crippen molar-refractivity contribution in [3.05, 3.63) is 35.9 Å². The van der Waals surface area contributed by atoms with Gasteiger partial charge < -0.3 is 15.3 Å². The second-order valence-corrected chi connectivity index (χ2v) is 5.09. The van der Waals surface area contributed by atoms with Crippen LogP contribution in [0.1, 0.15) is 24.4 Å². The zero-order valence-electron chi connectivity index (χ0n) is 11.6. The summed E-state index contributed by atoms with van der Waals surface area (Å²) in [6.45, 7) is 0.418. The smallest absolute Gasteiger partial charge is 0.228 e. The molecule has 1 aromatic carbocycles. The Kier molecular flexibility index (Phi) is 4.74. The quantitative estimate of drug-likeness (QED) is 0.832. The molecule has 0 aromatic heterocycles. The van der Waals surface area contributed by atoms with E-state index >= 15 is 0 Å². The van der Waals surface area contributed by atoms with E-state index in [4.69, 9.17) is 0 Å². The highest BCUT2D eigenvalue weighted by Crippen LogP contribution is 2.25. The highest BCUT2D eigenvalue weighted by atomic mass is 16.3. The van der Waals surface area contributed by atoms with Crippen LogP contribution in [0.4, 0.5) is 0 Å². The summed E-state index contributed by atoms with van der Waals surface area (Å²) in [4.78, 5) is 25.3. The summed E-state index contributed by atoms with van der Waals surface area (Å²) in [7, 11) is 1.73. The minimum absolute atomic E-state index is 0.0129. The van der Waals surface area contributed by atoms with Gasteiger partial charge in [-0.15, -0.1) is 0 Å². The van der Waals surface area contributed by atoms with Crippen molar-refractivity contribution in [2.75, 3.05) is 20.2 Å². The van der Waals surface area contributed by atoms with Crippen molar-refractivity contribution in [2.24, 2.45) is 5.92 Å². The van der Waals surface area contributed by atoms with Crippen molar-refractivity contribution >= 4 is 11.8 Å². The molecular weight excluding hydrogens is 256 g/mol. The van der Waals surface area contributed by atoms with E-state index in [9.17, 15) is 14.7 Å². The Balaban J connectivity index is 2.12. The third-order valence-electron chi connectivity index (χ3n) is 3.73. The predicted molar refractivity (Wildman–Crippen MR) is 74.8 cm³/mol. The summed E-state index contributed by atoms with van der Waals surface area (Å²) in [6.07, 6.45) is 0.740. The molecule has 2 amide bonds. The first-order valence-electron chi connectivity index (χ1n) is 6.82. The molecule has 2 atom stereocenters. The monoisotopic (exact) mass is 276 g/mol. The summed E-state index contributed by atoms with van der Waals surface area (Å²) in [5.74, 6) is -0.418. The summed E-state index contributed by atoms with van der Waals surface area (Å²) in [5, 5.41) is 11.9. The van der Waals surface area contributed by atoms with E-state index < -0.39 is 0 Å². The van der Waals surface area contributed by atoms with Crippen LogP contribution in [0.15, 0.2) is 30.3 Å². The van der Waals surface area contributed by atoms with Crippen LogP contribution in [0, 0.1) is 5.92 Å². The number of carbonyl (C=O) groups is 2. The maximum atomic E-state index is 12.4. The molecule has 2 unspecified atom stereocenters. The summed E-state index contributed by atoms with van der Waals surface area (Å²) in [5.41, 5.74) is 0.995. The average Bonchev–Trinajstić information content (AvgIpc) is 2.91. The second kappa shape index (κ2) is 6.52. The lowest BCUT2D eigenvalue weighted by atomic mass is 10.00. The molecule has 1 aliphatic heterocycles. The molecule has 0 bridgehead atoms. The van der Waals surface area contributed by atoms with Gasteiger partial charge in [-0.2, -0.15) is 0 Å². The van der Waals surface area contributed by atoms with Crippen molar-refractivity contribution in [1.82, 2.24) is 10.2 Å². The largest absolute Gasteiger partial charge is 0.396 e. The van der Waals surface area contributed by atoms with E-state index in [1.165, 1.54) is 0 Å². The molecule has 5 nitrogen and oxygen atoms in total. The molecule has 0 spiro atoms. The van der Waals surface area contributed by atoms with E-state index in [1.807, 2.05) is 30.3 Å². The minimum atomic E-state index is -0.294. The summed E-state index contributed by atoms with van der Waals surface area (Å²) in [6, 6.07) is 9.48. The molecule has 0 radical (unpaired) electrons. The van der Waals surface area contributed by atoms with Gasteiger partial charge in [-0.05, 0) is 12.0 Å². The molecule has 1 fully saturated rings. The fraction of sp³-hybridized carbons (Fsp3) is 0.467. The van der Waals surface area contributed by atoms with E-state index in [1.54, 1.807) is 11.9 Å². The number of amides is 2. The lowest BCUT2D eigenvalue weighted by Gasteiger charge is -2.30. The van der Waals surface area contributed by atoms with Crippen LogP contribution in [0.3, 0.4) is 0 Å². The molecule has 5 heteroatoms. The first kappa shape index (κ1) is 14.5. The van der Waals surface area contributed by atoms with Crippen LogP contribution in [-0.4, -0.2) is 42.0 Å². The van der Waals surface area contributed by atoms with Crippen LogP contribution < -0.4 is 5.32 Å². The topological polar surface area (TPSA) is 69.6 Å². The van der Waals surface area contributed by atoms with Gasteiger partial charge in [-0.3, -0.25) is 9.59 Å². The van der Waals surface area contributed by atoms with E-state index in [0.29, 0.717) is 13.0 Å². The van der Waals surface area contributed by atoms with Gasteiger partial charge >= 0.3 is 0 Å². The Morgan fingerprint density at radius 3 is 2.70 bits per heavy atom. The van der Waals surface area contributed by atoms with Crippen LogP contribution in [0.2, 0.25) is 0 Å². The number of nitrogens with one attached hydrogen (secondary N) is 1. The van der Waals surface area contributed by atoms with Crippen molar-refractivity contribution in [3.8, 4) is 0 Å². The van der Waals surface area contributed by atoms with Crippen molar-refractivity contribution in [3.63, 3.8) is 0 Å². The molecule has 108 valence electrons. The molecule has 0 saturated carbocycles. The maximum absolute atomic E-state index is 12.4. The first-order chi connectivity index (χ1) is 9.63. The SMILES string of the molecule is CN(C(=O)C1CNC(=O)C1)C(CCO)c1ccccc1. The average molecular weight is 276 g/mol. The van der Waals surface area contributed by atoms with E-state index in [2.05, 4.69) is 5.32 Å². The van der Waals surface area contributed by atoms with Gasteiger partial charge in [0, 0.05) is 26.6 Å². The third-order valence-corrected chi connectivity index (χ3v) is 3.73. The van der Waals surface area contributed by atoms with Gasteiger partial charge in [-0.1, -0.05) is 30.3 Å². The Bertz CT molecular complexity index is 475. The molecular formula is C15H20N2O3. The summed E-state index contributed by atoms with van der Waals surface area (Å²) >= 11 is 0.